The Balaban J connectivity index is 2.14. The molecule has 1 amide bonds. The lowest BCUT2D eigenvalue weighted by Crippen LogP contribution is -2.58. The maximum absolute atomic E-state index is 12.1. The number of nitrogens with two attached hydrogens (primary N) is 1. The van der Waals surface area contributed by atoms with Gasteiger partial charge in [0.05, 0.1) is 18.2 Å². The lowest BCUT2D eigenvalue weighted by atomic mass is 9.76. The average molecular weight is 234 g/mol. The molecule has 0 heterocycles. The molecule has 0 aromatic heterocycles. The quantitative estimate of drug-likeness (QED) is 0.825. The highest BCUT2D eigenvalue weighted by atomic mass is 16.5. The molecule has 0 aliphatic heterocycles. The largest absolute Gasteiger partial charge is 0.496 e. The Morgan fingerprint density at radius 2 is 2.18 bits per heavy atom. The highest BCUT2D eigenvalue weighted by Crippen LogP contribution is 2.31. The SMILES string of the molecule is COc1ccccc1C(=O)NC1(CN)CCC1. The van der Waals surface area contributed by atoms with E-state index in [4.69, 9.17) is 10.5 Å². The first-order valence-electron chi connectivity index (χ1n) is 5.86. The van der Waals surface area contributed by atoms with Crippen LogP contribution >= 0.6 is 0 Å². The van der Waals surface area contributed by atoms with E-state index in [0.29, 0.717) is 17.9 Å². The normalized spacial score (nSPS) is 17.1. The van der Waals surface area contributed by atoms with Crippen LogP contribution in [0.4, 0.5) is 0 Å². The van der Waals surface area contributed by atoms with Gasteiger partial charge in [0.2, 0.25) is 0 Å². The number of methoxy groups -OCH3 is 1. The van der Waals surface area contributed by atoms with Gasteiger partial charge in [-0.05, 0) is 31.4 Å². The number of para-hydroxylation sites is 1. The summed E-state index contributed by atoms with van der Waals surface area (Å²) in [5.41, 5.74) is 6.09. The molecule has 1 saturated carbocycles. The van der Waals surface area contributed by atoms with E-state index in [-0.39, 0.29) is 11.4 Å². The van der Waals surface area contributed by atoms with Gasteiger partial charge in [-0.2, -0.15) is 0 Å². The summed E-state index contributed by atoms with van der Waals surface area (Å²) in [5, 5.41) is 3.03. The predicted octanol–water partition coefficient (Wildman–Crippen LogP) is 1.31. The lowest BCUT2D eigenvalue weighted by molar-refractivity contribution is 0.0834. The molecular formula is C13H18N2O2. The van der Waals surface area contributed by atoms with Crippen molar-refractivity contribution in [2.75, 3.05) is 13.7 Å². The number of amides is 1. The van der Waals surface area contributed by atoms with E-state index in [1.807, 2.05) is 12.1 Å². The number of carbonyl (C=O) groups excluding carboxylic acids is 1. The summed E-state index contributed by atoms with van der Waals surface area (Å²) in [5.74, 6) is 0.490. The summed E-state index contributed by atoms with van der Waals surface area (Å²) >= 11 is 0. The third-order valence-electron chi connectivity index (χ3n) is 3.43. The Morgan fingerprint density at radius 3 is 2.71 bits per heavy atom. The van der Waals surface area contributed by atoms with Crippen molar-refractivity contribution in [3.8, 4) is 5.75 Å². The van der Waals surface area contributed by atoms with E-state index >= 15 is 0 Å². The highest BCUT2D eigenvalue weighted by Gasteiger charge is 2.37. The van der Waals surface area contributed by atoms with E-state index < -0.39 is 0 Å². The van der Waals surface area contributed by atoms with Crippen LogP contribution in [0.15, 0.2) is 24.3 Å². The fourth-order valence-corrected chi connectivity index (χ4v) is 2.12. The topological polar surface area (TPSA) is 64.3 Å². The molecule has 1 fully saturated rings. The molecule has 1 aromatic rings. The molecule has 4 heteroatoms. The third-order valence-corrected chi connectivity index (χ3v) is 3.43. The number of rotatable bonds is 4. The van der Waals surface area contributed by atoms with Gasteiger partial charge in [-0.1, -0.05) is 12.1 Å². The van der Waals surface area contributed by atoms with Crippen LogP contribution in [0.25, 0.3) is 0 Å². The molecule has 1 aliphatic rings. The van der Waals surface area contributed by atoms with Gasteiger partial charge >= 0.3 is 0 Å². The average Bonchev–Trinajstić information content (AvgIpc) is 2.33. The molecular weight excluding hydrogens is 216 g/mol. The van der Waals surface area contributed by atoms with E-state index in [2.05, 4.69) is 5.32 Å². The van der Waals surface area contributed by atoms with Crippen LogP contribution in [0.3, 0.4) is 0 Å². The first-order chi connectivity index (χ1) is 8.21. The summed E-state index contributed by atoms with van der Waals surface area (Å²) in [7, 11) is 1.56. The number of hydrogen-bond donors (Lipinski definition) is 2. The van der Waals surface area contributed by atoms with E-state index in [9.17, 15) is 4.79 Å². The smallest absolute Gasteiger partial charge is 0.255 e. The number of hydrogen-bond acceptors (Lipinski definition) is 3. The minimum absolute atomic E-state index is 0.104. The molecule has 0 radical (unpaired) electrons. The third kappa shape index (κ3) is 2.26. The monoisotopic (exact) mass is 234 g/mol. The minimum Gasteiger partial charge on any atom is -0.496 e. The van der Waals surface area contributed by atoms with Crippen molar-refractivity contribution in [1.82, 2.24) is 5.32 Å². The van der Waals surface area contributed by atoms with Crippen molar-refractivity contribution in [3.05, 3.63) is 29.8 Å². The summed E-state index contributed by atoms with van der Waals surface area (Å²) in [6.45, 7) is 0.494. The maximum atomic E-state index is 12.1. The van der Waals surface area contributed by atoms with Crippen LogP contribution in [0.2, 0.25) is 0 Å². The number of benzene rings is 1. The molecule has 1 aromatic carbocycles. The Hall–Kier alpha value is -1.55. The van der Waals surface area contributed by atoms with Gasteiger partial charge < -0.3 is 15.8 Å². The molecule has 0 bridgehead atoms. The van der Waals surface area contributed by atoms with Crippen LogP contribution in [0, 0.1) is 0 Å². The van der Waals surface area contributed by atoms with Gasteiger partial charge in [-0.3, -0.25) is 4.79 Å². The van der Waals surface area contributed by atoms with Crippen molar-refractivity contribution >= 4 is 5.91 Å². The first-order valence-corrected chi connectivity index (χ1v) is 5.86. The second-order valence-electron chi connectivity index (χ2n) is 4.49. The zero-order valence-corrected chi connectivity index (χ0v) is 10.0. The Bertz CT molecular complexity index is 408. The molecule has 0 atom stereocenters. The molecule has 17 heavy (non-hydrogen) atoms. The molecule has 0 spiro atoms. The van der Waals surface area contributed by atoms with E-state index in [1.165, 1.54) is 0 Å². The number of nitrogens with one attached hydrogen (secondary N) is 1. The zero-order valence-electron chi connectivity index (χ0n) is 10.0. The van der Waals surface area contributed by atoms with Crippen LogP contribution in [-0.2, 0) is 0 Å². The summed E-state index contributed by atoms with van der Waals surface area (Å²) in [6.07, 6.45) is 3.05. The van der Waals surface area contributed by atoms with Crippen molar-refractivity contribution in [3.63, 3.8) is 0 Å². The van der Waals surface area contributed by atoms with Crippen LogP contribution in [-0.4, -0.2) is 25.1 Å². The number of carbonyl (C=O) groups is 1. The van der Waals surface area contributed by atoms with Crippen molar-refractivity contribution < 1.29 is 9.53 Å². The summed E-state index contributed by atoms with van der Waals surface area (Å²) in [6, 6.07) is 7.22. The first kappa shape index (κ1) is 11.9. The molecule has 0 unspecified atom stereocenters. The van der Waals surface area contributed by atoms with Crippen LogP contribution < -0.4 is 15.8 Å². The van der Waals surface area contributed by atoms with Gasteiger partial charge in [0.25, 0.3) is 5.91 Å². The van der Waals surface area contributed by atoms with E-state index in [0.717, 1.165) is 19.3 Å². The predicted molar refractivity (Wildman–Crippen MR) is 66.1 cm³/mol. The molecule has 2 rings (SSSR count). The van der Waals surface area contributed by atoms with Gasteiger partial charge in [-0.15, -0.1) is 0 Å². The second-order valence-corrected chi connectivity index (χ2v) is 4.49. The minimum atomic E-state index is -0.196. The second kappa shape index (κ2) is 4.75. The molecule has 4 nitrogen and oxygen atoms in total. The lowest BCUT2D eigenvalue weighted by Gasteiger charge is -2.41. The van der Waals surface area contributed by atoms with Gasteiger partial charge in [0, 0.05) is 6.54 Å². The van der Waals surface area contributed by atoms with Gasteiger partial charge in [-0.25, -0.2) is 0 Å². The van der Waals surface area contributed by atoms with Crippen molar-refractivity contribution in [2.24, 2.45) is 5.73 Å². The van der Waals surface area contributed by atoms with Crippen LogP contribution in [0.1, 0.15) is 29.6 Å². The Kier molecular flexibility index (Phi) is 3.33. The van der Waals surface area contributed by atoms with Gasteiger partial charge in [0.1, 0.15) is 5.75 Å². The zero-order chi connectivity index (χ0) is 12.3. The maximum Gasteiger partial charge on any atom is 0.255 e. The highest BCUT2D eigenvalue weighted by molar-refractivity contribution is 5.97. The fraction of sp³-hybridized carbons (Fsp3) is 0.462. The van der Waals surface area contributed by atoms with Gasteiger partial charge in [0.15, 0.2) is 0 Å². The number of ether oxygens (including phenoxy) is 1. The summed E-state index contributed by atoms with van der Waals surface area (Å²) < 4.78 is 5.17. The molecule has 1 aliphatic carbocycles. The molecule has 3 N–H and O–H groups in total. The fourth-order valence-electron chi connectivity index (χ4n) is 2.12. The summed E-state index contributed by atoms with van der Waals surface area (Å²) in [4.78, 5) is 12.1. The van der Waals surface area contributed by atoms with Crippen molar-refractivity contribution in [2.45, 2.75) is 24.8 Å². The molecule has 0 saturated heterocycles. The van der Waals surface area contributed by atoms with Crippen molar-refractivity contribution in [1.29, 1.82) is 0 Å². The molecule has 92 valence electrons. The van der Waals surface area contributed by atoms with Crippen LogP contribution in [0.5, 0.6) is 5.75 Å². The Labute approximate surface area is 101 Å². The van der Waals surface area contributed by atoms with E-state index in [1.54, 1.807) is 19.2 Å². The Morgan fingerprint density at radius 1 is 1.47 bits per heavy atom. The standard InChI is InChI=1S/C13H18N2O2/c1-17-11-6-3-2-5-10(11)12(16)15-13(9-14)7-4-8-13/h2-3,5-6H,4,7-9,14H2,1H3,(H,15,16).